The molecule has 31 heavy (non-hydrogen) atoms. The van der Waals surface area contributed by atoms with Crippen LogP contribution in [0.4, 0.5) is 11.4 Å². The number of anilines is 2. The molecule has 0 bridgehead atoms. The normalized spacial score (nSPS) is 11.0. The molecule has 10 nitrogen and oxygen atoms in total. The van der Waals surface area contributed by atoms with Gasteiger partial charge in [0.05, 0.1) is 11.1 Å². The van der Waals surface area contributed by atoms with E-state index in [4.69, 9.17) is 14.4 Å². The molecule has 0 atom stereocenters. The number of aromatic nitrogens is 1. The number of sulfonamides is 1. The van der Waals surface area contributed by atoms with E-state index in [0.29, 0.717) is 28.3 Å². The minimum atomic E-state index is -3.89. The van der Waals surface area contributed by atoms with Gasteiger partial charge < -0.3 is 19.7 Å². The van der Waals surface area contributed by atoms with E-state index in [1.54, 1.807) is 26.0 Å². The van der Waals surface area contributed by atoms with Crippen LogP contribution < -0.4 is 14.8 Å². The zero-order chi connectivity index (χ0) is 22.6. The summed E-state index contributed by atoms with van der Waals surface area (Å²) < 4.78 is 37.7. The number of nitrogens with zero attached hydrogens (tertiary/aromatic N) is 1. The predicted molar refractivity (Wildman–Crippen MR) is 111 cm³/mol. The average molecular weight is 445 g/mol. The lowest BCUT2D eigenvalue weighted by molar-refractivity contribution is -0.139. The molecule has 0 radical (unpaired) electrons. The summed E-state index contributed by atoms with van der Waals surface area (Å²) in [5, 5.41) is 14.9. The summed E-state index contributed by atoms with van der Waals surface area (Å²) in [5.41, 5.74) is 1.54. The third-order valence-corrected chi connectivity index (χ3v) is 5.58. The molecular formula is C20H19N3O7S. The number of carbonyl (C=O) groups is 2. The number of benzene rings is 2. The van der Waals surface area contributed by atoms with Crippen molar-refractivity contribution >= 4 is 33.3 Å². The number of aliphatic carboxylic acids is 1. The van der Waals surface area contributed by atoms with Crippen molar-refractivity contribution < 1.29 is 32.4 Å². The van der Waals surface area contributed by atoms with E-state index in [2.05, 4.69) is 15.2 Å². The maximum atomic E-state index is 12.7. The molecule has 1 heterocycles. The average Bonchev–Trinajstić information content (AvgIpc) is 3.14. The Bertz CT molecular complexity index is 1220. The van der Waals surface area contributed by atoms with Gasteiger partial charge in [0.15, 0.2) is 6.61 Å². The Labute approximate surface area is 177 Å². The lowest BCUT2D eigenvalue weighted by atomic mass is 10.2. The van der Waals surface area contributed by atoms with Crippen LogP contribution in [0.3, 0.4) is 0 Å². The van der Waals surface area contributed by atoms with E-state index in [1.165, 1.54) is 36.5 Å². The second kappa shape index (κ2) is 8.88. The van der Waals surface area contributed by atoms with Crippen LogP contribution in [0, 0.1) is 13.8 Å². The molecule has 3 rings (SSSR count). The van der Waals surface area contributed by atoms with Gasteiger partial charge in [0.25, 0.3) is 15.9 Å². The Morgan fingerprint density at radius 2 is 1.77 bits per heavy atom. The van der Waals surface area contributed by atoms with Crippen LogP contribution in [0.1, 0.15) is 21.7 Å². The first-order valence-electron chi connectivity index (χ1n) is 8.96. The number of amides is 1. The molecule has 0 aliphatic heterocycles. The molecule has 0 saturated carbocycles. The van der Waals surface area contributed by atoms with Gasteiger partial charge in [0.2, 0.25) is 0 Å². The molecule has 2 aromatic carbocycles. The van der Waals surface area contributed by atoms with E-state index in [-0.39, 0.29) is 10.6 Å². The highest BCUT2D eigenvalue weighted by atomic mass is 32.2. The number of carboxylic acid groups (broad SMARTS) is 1. The van der Waals surface area contributed by atoms with Crippen molar-refractivity contribution in [1.29, 1.82) is 0 Å². The van der Waals surface area contributed by atoms with E-state index in [9.17, 15) is 18.0 Å². The van der Waals surface area contributed by atoms with Gasteiger partial charge in [-0.25, -0.2) is 13.2 Å². The summed E-state index contributed by atoms with van der Waals surface area (Å²) in [6.07, 6.45) is 1.31. The summed E-state index contributed by atoms with van der Waals surface area (Å²) in [6.45, 7) is 2.71. The molecule has 1 amide bonds. The Hall–Kier alpha value is -3.86. The van der Waals surface area contributed by atoms with Crippen LogP contribution in [0.25, 0.3) is 0 Å². The summed E-state index contributed by atoms with van der Waals surface area (Å²) in [6, 6.07) is 10.2. The Balaban J connectivity index is 1.68. The van der Waals surface area contributed by atoms with Gasteiger partial charge >= 0.3 is 5.97 Å². The quantitative estimate of drug-likeness (QED) is 0.479. The minimum absolute atomic E-state index is 0.00649. The van der Waals surface area contributed by atoms with Crippen LogP contribution >= 0.6 is 0 Å². The minimum Gasteiger partial charge on any atom is -0.482 e. The number of rotatable bonds is 8. The maximum Gasteiger partial charge on any atom is 0.341 e. The lowest BCUT2D eigenvalue weighted by Gasteiger charge is -2.12. The highest BCUT2D eigenvalue weighted by Crippen LogP contribution is 2.24. The SMILES string of the molecule is Cc1cc(S(=O)(=O)Nc2ccc(NC(=O)c3cnoc3C)cc2)ccc1OCC(=O)O. The third kappa shape index (κ3) is 5.39. The number of hydrogen-bond acceptors (Lipinski definition) is 7. The predicted octanol–water partition coefficient (Wildman–Crippen LogP) is 2.81. The number of ether oxygens (including phenoxy) is 1. The van der Waals surface area contributed by atoms with Crippen molar-refractivity contribution in [3.8, 4) is 5.75 Å². The van der Waals surface area contributed by atoms with Gasteiger partial charge in [-0.3, -0.25) is 9.52 Å². The van der Waals surface area contributed by atoms with Crippen molar-refractivity contribution in [2.24, 2.45) is 0 Å². The zero-order valence-corrected chi connectivity index (χ0v) is 17.4. The van der Waals surface area contributed by atoms with E-state index < -0.39 is 28.5 Å². The van der Waals surface area contributed by atoms with Gasteiger partial charge in [-0.2, -0.15) is 0 Å². The summed E-state index contributed by atoms with van der Waals surface area (Å²) in [7, 11) is -3.89. The molecule has 0 unspecified atom stereocenters. The van der Waals surface area contributed by atoms with E-state index in [0.717, 1.165) is 0 Å². The van der Waals surface area contributed by atoms with Crippen molar-refractivity contribution in [2.75, 3.05) is 16.6 Å². The fourth-order valence-corrected chi connectivity index (χ4v) is 3.78. The van der Waals surface area contributed by atoms with Gasteiger partial charge in [-0.15, -0.1) is 0 Å². The van der Waals surface area contributed by atoms with Crippen molar-refractivity contribution in [3.05, 3.63) is 65.5 Å². The van der Waals surface area contributed by atoms with Crippen LogP contribution in [0.15, 0.2) is 58.1 Å². The van der Waals surface area contributed by atoms with E-state index in [1.807, 2.05) is 0 Å². The monoisotopic (exact) mass is 445 g/mol. The number of carbonyl (C=O) groups excluding carboxylic acids is 1. The van der Waals surface area contributed by atoms with Crippen molar-refractivity contribution in [3.63, 3.8) is 0 Å². The Morgan fingerprint density at radius 3 is 2.35 bits per heavy atom. The molecule has 0 saturated heterocycles. The van der Waals surface area contributed by atoms with Crippen LogP contribution in [-0.2, 0) is 14.8 Å². The number of hydrogen-bond donors (Lipinski definition) is 3. The molecule has 0 spiro atoms. The van der Waals surface area contributed by atoms with Crippen LogP contribution in [0.2, 0.25) is 0 Å². The third-order valence-electron chi connectivity index (χ3n) is 4.20. The first kappa shape index (κ1) is 21.8. The fourth-order valence-electron chi connectivity index (χ4n) is 2.64. The van der Waals surface area contributed by atoms with Gasteiger partial charge in [-0.1, -0.05) is 5.16 Å². The molecule has 0 aliphatic rings. The highest BCUT2D eigenvalue weighted by Gasteiger charge is 2.17. The molecule has 0 fully saturated rings. The first-order chi connectivity index (χ1) is 14.7. The molecule has 11 heteroatoms. The van der Waals surface area contributed by atoms with Gasteiger partial charge in [0.1, 0.15) is 17.1 Å². The summed E-state index contributed by atoms with van der Waals surface area (Å²) in [5.74, 6) is -0.859. The lowest BCUT2D eigenvalue weighted by Crippen LogP contribution is -2.14. The highest BCUT2D eigenvalue weighted by molar-refractivity contribution is 7.92. The van der Waals surface area contributed by atoms with E-state index >= 15 is 0 Å². The van der Waals surface area contributed by atoms with Gasteiger partial charge in [-0.05, 0) is 61.9 Å². The van der Waals surface area contributed by atoms with Crippen molar-refractivity contribution in [2.45, 2.75) is 18.7 Å². The topological polar surface area (TPSA) is 148 Å². The molecule has 3 aromatic rings. The van der Waals surface area contributed by atoms with Crippen LogP contribution in [0.5, 0.6) is 5.75 Å². The second-order valence-electron chi connectivity index (χ2n) is 6.54. The summed E-state index contributed by atoms with van der Waals surface area (Å²) >= 11 is 0. The number of aryl methyl sites for hydroxylation is 2. The molecule has 162 valence electrons. The summed E-state index contributed by atoms with van der Waals surface area (Å²) in [4.78, 5) is 22.8. The number of nitrogens with one attached hydrogen (secondary N) is 2. The fraction of sp³-hybridized carbons (Fsp3) is 0.150. The largest absolute Gasteiger partial charge is 0.482 e. The Morgan fingerprint density at radius 1 is 1.10 bits per heavy atom. The Kier molecular flexibility index (Phi) is 6.25. The smallest absolute Gasteiger partial charge is 0.341 e. The standard InChI is InChI=1S/C20H19N3O7S/c1-12-9-16(7-8-18(12)29-11-19(24)25)31(27,28)23-15-5-3-14(4-6-15)22-20(26)17-10-21-30-13(17)2/h3-10,23H,11H2,1-2H3,(H,22,26)(H,24,25). The van der Waals surface area contributed by atoms with Crippen molar-refractivity contribution in [1.82, 2.24) is 5.16 Å². The van der Waals surface area contributed by atoms with Gasteiger partial charge in [0, 0.05) is 11.4 Å². The number of carboxylic acids is 1. The molecule has 1 aromatic heterocycles. The molecule has 0 aliphatic carbocycles. The maximum absolute atomic E-state index is 12.7. The molecular weight excluding hydrogens is 426 g/mol. The molecule has 3 N–H and O–H groups in total. The second-order valence-corrected chi connectivity index (χ2v) is 8.22. The zero-order valence-electron chi connectivity index (χ0n) is 16.6. The first-order valence-corrected chi connectivity index (χ1v) is 10.4. The van der Waals surface area contributed by atoms with Crippen LogP contribution in [-0.4, -0.2) is 37.2 Å².